The maximum atomic E-state index is 13.4. The first kappa shape index (κ1) is 14.0. The Labute approximate surface area is 99.4 Å². The van der Waals surface area contributed by atoms with Crippen molar-refractivity contribution in [2.75, 3.05) is 20.3 Å². The van der Waals surface area contributed by atoms with Crippen LogP contribution in [-0.4, -0.2) is 31.5 Å². The average molecular weight is 245 g/mol. The topological polar surface area (TPSA) is 41.5 Å². The second-order valence-corrected chi connectivity index (χ2v) is 3.90. The highest BCUT2D eigenvalue weighted by atomic mass is 19.1. The Morgan fingerprint density at radius 1 is 1.41 bits per heavy atom. The molecule has 1 rings (SSSR count). The van der Waals surface area contributed by atoms with Crippen LogP contribution in [0.5, 0.6) is 0 Å². The standard InChI is InChI=1S/C12H17F2NO2/c1-8(15-6-10(16)7-17-2)11-5-9(13)3-4-12(11)14/h3-5,8,10,15-16H,6-7H2,1-2H3. The molecule has 0 aromatic heterocycles. The molecule has 0 aliphatic carbocycles. The van der Waals surface area contributed by atoms with E-state index in [4.69, 9.17) is 4.74 Å². The van der Waals surface area contributed by atoms with E-state index >= 15 is 0 Å². The van der Waals surface area contributed by atoms with E-state index in [0.717, 1.165) is 18.2 Å². The second kappa shape index (κ2) is 6.64. The maximum absolute atomic E-state index is 13.4. The summed E-state index contributed by atoms with van der Waals surface area (Å²) in [5.41, 5.74) is 0.245. The predicted octanol–water partition coefficient (Wildman–Crippen LogP) is 1.62. The maximum Gasteiger partial charge on any atom is 0.128 e. The Kier molecular flexibility index (Phi) is 5.47. The van der Waals surface area contributed by atoms with Crippen molar-refractivity contribution < 1.29 is 18.6 Å². The Balaban J connectivity index is 2.57. The van der Waals surface area contributed by atoms with Gasteiger partial charge >= 0.3 is 0 Å². The van der Waals surface area contributed by atoms with Crippen molar-refractivity contribution in [2.45, 2.75) is 19.1 Å². The van der Waals surface area contributed by atoms with Crippen molar-refractivity contribution in [2.24, 2.45) is 0 Å². The second-order valence-electron chi connectivity index (χ2n) is 3.90. The molecule has 1 aromatic rings. The molecule has 0 radical (unpaired) electrons. The summed E-state index contributed by atoms with van der Waals surface area (Å²) in [5.74, 6) is -0.944. The number of hydrogen-bond donors (Lipinski definition) is 2. The lowest BCUT2D eigenvalue weighted by atomic mass is 10.1. The molecule has 0 aliphatic rings. The molecule has 3 nitrogen and oxygen atoms in total. The van der Waals surface area contributed by atoms with Crippen LogP contribution < -0.4 is 5.32 Å². The van der Waals surface area contributed by atoms with Crippen LogP contribution in [0.2, 0.25) is 0 Å². The molecule has 5 heteroatoms. The fourth-order valence-electron chi connectivity index (χ4n) is 1.52. The van der Waals surface area contributed by atoms with E-state index in [-0.39, 0.29) is 24.8 Å². The molecular weight excluding hydrogens is 228 g/mol. The number of nitrogens with one attached hydrogen (secondary N) is 1. The highest BCUT2D eigenvalue weighted by Crippen LogP contribution is 2.17. The highest BCUT2D eigenvalue weighted by molar-refractivity contribution is 5.21. The van der Waals surface area contributed by atoms with Crippen LogP contribution in [0.3, 0.4) is 0 Å². The molecule has 0 spiro atoms. The van der Waals surface area contributed by atoms with Gasteiger partial charge in [-0.1, -0.05) is 0 Å². The minimum Gasteiger partial charge on any atom is -0.389 e. The lowest BCUT2D eigenvalue weighted by Gasteiger charge is -2.17. The third-order valence-corrected chi connectivity index (χ3v) is 2.44. The molecule has 2 atom stereocenters. The monoisotopic (exact) mass is 245 g/mol. The predicted molar refractivity (Wildman–Crippen MR) is 60.7 cm³/mol. The zero-order valence-electron chi connectivity index (χ0n) is 9.91. The van der Waals surface area contributed by atoms with E-state index in [1.807, 2.05) is 0 Å². The normalized spacial score (nSPS) is 14.6. The molecule has 0 saturated heterocycles. The van der Waals surface area contributed by atoms with Gasteiger partial charge in [0.05, 0.1) is 12.7 Å². The summed E-state index contributed by atoms with van der Waals surface area (Å²) < 4.78 is 31.1. The molecule has 0 amide bonds. The Morgan fingerprint density at radius 3 is 2.76 bits per heavy atom. The largest absolute Gasteiger partial charge is 0.389 e. The number of methoxy groups -OCH3 is 1. The first-order valence-corrected chi connectivity index (χ1v) is 5.40. The third-order valence-electron chi connectivity index (χ3n) is 2.44. The van der Waals surface area contributed by atoms with Gasteiger partial charge in [0, 0.05) is 25.3 Å². The SMILES string of the molecule is COCC(O)CNC(C)c1cc(F)ccc1F. The molecule has 17 heavy (non-hydrogen) atoms. The summed E-state index contributed by atoms with van der Waals surface area (Å²) in [6.45, 7) is 2.16. The lowest BCUT2D eigenvalue weighted by molar-refractivity contribution is 0.0630. The van der Waals surface area contributed by atoms with E-state index in [1.54, 1.807) is 6.92 Å². The molecular formula is C12H17F2NO2. The Hall–Kier alpha value is -1.04. The van der Waals surface area contributed by atoms with Crippen molar-refractivity contribution in [3.63, 3.8) is 0 Å². The zero-order chi connectivity index (χ0) is 12.8. The van der Waals surface area contributed by atoms with Crippen molar-refractivity contribution in [3.8, 4) is 0 Å². The van der Waals surface area contributed by atoms with Crippen LogP contribution in [0.4, 0.5) is 8.78 Å². The first-order valence-electron chi connectivity index (χ1n) is 5.40. The van der Waals surface area contributed by atoms with Gasteiger partial charge in [-0.05, 0) is 25.1 Å². The van der Waals surface area contributed by atoms with Crippen molar-refractivity contribution >= 4 is 0 Å². The molecule has 0 fully saturated rings. The number of aliphatic hydroxyl groups is 1. The minimum atomic E-state index is -0.668. The number of halogens is 2. The average Bonchev–Trinajstić information content (AvgIpc) is 2.29. The van der Waals surface area contributed by atoms with Gasteiger partial charge < -0.3 is 15.2 Å². The summed E-state index contributed by atoms with van der Waals surface area (Å²) in [5, 5.41) is 12.3. The molecule has 2 unspecified atom stereocenters. The van der Waals surface area contributed by atoms with Crippen LogP contribution in [0.25, 0.3) is 0 Å². The minimum absolute atomic E-state index is 0.200. The molecule has 96 valence electrons. The van der Waals surface area contributed by atoms with Crippen molar-refractivity contribution in [1.82, 2.24) is 5.32 Å². The number of rotatable bonds is 6. The fraction of sp³-hybridized carbons (Fsp3) is 0.500. The van der Waals surface area contributed by atoms with Crippen LogP contribution in [0, 0.1) is 11.6 Å². The van der Waals surface area contributed by atoms with Crippen LogP contribution in [0.1, 0.15) is 18.5 Å². The van der Waals surface area contributed by atoms with E-state index < -0.39 is 17.7 Å². The van der Waals surface area contributed by atoms with Crippen LogP contribution in [0.15, 0.2) is 18.2 Å². The molecule has 0 bridgehead atoms. The number of aliphatic hydroxyl groups excluding tert-OH is 1. The van der Waals surface area contributed by atoms with Gasteiger partial charge in [0.1, 0.15) is 11.6 Å². The van der Waals surface area contributed by atoms with E-state index in [2.05, 4.69) is 5.32 Å². The van der Waals surface area contributed by atoms with E-state index in [9.17, 15) is 13.9 Å². The van der Waals surface area contributed by atoms with Gasteiger partial charge in [0.15, 0.2) is 0 Å². The van der Waals surface area contributed by atoms with Crippen molar-refractivity contribution in [3.05, 3.63) is 35.4 Å². The Morgan fingerprint density at radius 2 is 2.12 bits per heavy atom. The fourth-order valence-corrected chi connectivity index (χ4v) is 1.52. The summed E-state index contributed by atoms with van der Waals surface area (Å²) >= 11 is 0. The molecule has 0 aliphatic heterocycles. The lowest BCUT2D eigenvalue weighted by Crippen LogP contribution is -2.32. The Bertz CT molecular complexity index is 360. The van der Waals surface area contributed by atoms with Gasteiger partial charge in [-0.15, -0.1) is 0 Å². The van der Waals surface area contributed by atoms with Crippen LogP contribution >= 0.6 is 0 Å². The van der Waals surface area contributed by atoms with Crippen LogP contribution in [-0.2, 0) is 4.74 Å². The van der Waals surface area contributed by atoms with E-state index in [1.165, 1.54) is 7.11 Å². The first-order chi connectivity index (χ1) is 8.04. The van der Waals surface area contributed by atoms with Gasteiger partial charge in [0.25, 0.3) is 0 Å². The van der Waals surface area contributed by atoms with Gasteiger partial charge in [-0.3, -0.25) is 0 Å². The summed E-state index contributed by atoms with van der Waals surface area (Å²) in [6, 6.07) is 2.94. The smallest absolute Gasteiger partial charge is 0.128 e. The highest BCUT2D eigenvalue weighted by Gasteiger charge is 2.13. The summed E-state index contributed by atoms with van der Waals surface area (Å²) in [7, 11) is 1.49. The number of benzene rings is 1. The van der Waals surface area contributed by atoms with Crippen molar-refractivity contribution in [1.29, 1.82) is 0 Å². The molecule has 2 N–H and O–H groups in total. The zero-order valence-corrected chi connectivity index (χ0v) is 9.91. The number of hydrogen-bond acceptors (Lipinski definition) is 3. The van der Waals surface area contributed by atoms with Gasteiger partial charge in [-0.2, -0.15) is 0 Å². The quantitative estimate of drug-likeness (QED) is 0.800. The third kappa shape index (κ3) is 4.38. The molecule has 0 saturated carbocycles. The molecule has 1 aromatic carbocycles. The summed E-state index contributed by atoms with van der Waals surface area (Å²) in [6.07, 6.45) is -0.668. The summed E-state index contributed by atoms with van der Waals surface area (Å²) in [4.78, 5) is 0. The number of ether oxygens (including phenoxy) is 1. The van der Waals surface area contributed by atoms with E-state index in [0.29, 0.717) is 0 Å². The van der Waals surface area contributed by atoms with Gasteiger partial charge in [0.2, 0.25) is 0 Å². The van der Waals surface area contributed by atoms with Gasteiger partial charge in [-0.25, -0.2) is 8.78 Å². The molecule has 0 heterocycles.